The molecule has 0 aliphatic carbocycles. The van der Waals surface area contributed by atoms with Gasteiger partial charge in [0.1, 0.15) is 11.4 Å². The minimum Gasteiger partial charge on any atom is -0.497 e. The molecule has 0 bridgehead atoms. The van der Waals surface area contributed by atoms with Crippen molar-refractivity contribution in [1.29, 1.82) is 0 Å². The molecule has 0 saturated carbocycles. The van der Waals surface area contributed by atoms with Crippen LogP contribution in [-0.2, 0) is 6.54 Å². The van der Waals surface area contributed by atoms with Gasteiger partial charge >= 0.3 is 0 Å². The Morgan fingerprint density at radius 1 is 1.00 bits per heavy atom. The van der Waals surface area contributed by atoms with E-state index in [1.54, 1.807) is 7.11 Å². The third-order valence-electron chi connectivity index (χ3n) is 5.89. The number of ether oxygens (including phenoxy) is 1. The number of H-pyrrole nitrogens is 1. The molecule has 3 aromatic carbocycles. The van der Waals surface area contributed by atoms with Crippen LogP contribution in [0.5, 0.6) is 5.75 Å². The van der Waals surface area contributed by atoms with Crippen molar-refractivity contribution < 1.29 is 9.53 Å². The maximum absolute atomic E-state index is 13.5. The number of hydrogen-bond acceptors (Lipinski definition) is 3. The van der Waals surface area contributed by atoms with Gasteiger partial charge in [-0.15, -0.1) is 0 Å². The third kappa shape index (κ3) is 3.55. The van der Waals surface area contributed by atoms with Crippen LogP contribution in [0.3, 0.4) is 0 Å². The summed E-state index contributed by atoms with van der Waals surface area (Å²) in [6, 6.07) is 23.4. The molecule has 0 fully saturated rings. The summed E-state index contributed by atoms with van der Waals surface area (Å²) in [7, 11) is 1.64. The van der Waals surface area contributed by atoms with Crippen LogP contribution in [-0.4, -0.2) is 28.1 Å². The summed E-state index contributed by atoms with van der Waals surface area (Å²) in [6.45, 7) is 2.55. The molecule has 1 aliphatic rings. The molecule has 0 radical (unpaired) electrons. The topological polar surface area (TPSA) is 58.2 Å². The van der Waals surface area contributed by atoms with Gasteiger partial charge in [-0.25, -0.2) is 0 Å². The van der Waals surface area contributed by atoms with Gasteiger partial charge in [-0.3, -0.25) is 9.89 Å². The van der Waals surface area contributed by atoms with E-state index in [-0.39, 0.29) is 11.9 Å². The van der Waals surface area contributed by atoms with Crippen molar-refractivity contribution in [1.82, 2.24) is 15.1 Å². The first kappa shape index (κ1) is 20.3. The molecular formula is C26H22ClN3O2. The summed E-state index contributed by atoms with van der Waals surface area (Å²) in [5.41, 5.74) is 6.36. The van der Waals surface area contributed by atoms with E-state index in [0.717, 1.165) is 33.7 Å². The van der Waals surface area contributed by atoms with Crippen molar-refractivity contribution in [3.8, 4) is 17.0 Å². The van der Waals surface area contributed by atoms with E-state index >= 15 is 0 Å². The Morgan fingerprint density at radius 3 is 2.34 bits per heavy atom. The Hall–Kier alpha value is -3.57. The van der Waals surface area contributed by atoms with Gasteiger partial charge in [-0.2, -0.15) is 5.10 Å². The number of carbonyl (C=O) groups is 1. The second-order valence-corrected chi connectivity index (χ2v) is 8.40. The average Bonchev–Trinajstić information content (AvgIpc) is 3.35. The van der Waals surface area contributed by atoms with Crippen LogP contribution in [0.1, 0.15) is 38.8 Å². The SMILES string of the molecule is COc1ccc(-c2n[nH]c3c2C(c2ccc(Cl)cc2)N(Cc2ccc(C)cc2)C3=O)cc1. The Balaban J connectivity index is 1.61. The standard InChI is InChI=1S/C26H22ClN3O2/c1-16-3-5-17(6-4-16)15-30-25(19-7-11-20(27)12-8-19)22-23(28-29-24(22)26(30)31)18-9-13-21(32-2)14-10-18/h3-14,25H,15H2,1-2H3,(H,28,29). The van der Waals surface area contributed by atoms with E-state index in [1.165, 1.54) is 5.56 Å². The van der Waals surface area contributed by atoms with E-state index in [1.807, 2.05) is 53.4 Å². The van der Waals surface area contributed by atoms with Crippen LogP contribution in [0, 0.1) is 6.92 Å². The molecule has 0 saturated heterocycles. The van der Waals surface area contributed by atoms with Crippen LogP contribution in [0.15, 0.2) is 72.8 Å². The van der Waals surface area contributed by atoms with E-state index < -0.39 is 0 Å². The molecular weight excluding hydrogens is 422 g/mol. The number of benzene rings is 3. The smallest absolute Gasteiger partial charge is 0.273 e. The number of aromatic nitrogens is 2. The molecule has 1 aromatic heterocycles. The second kappa shape index (κ2) is 8.17. The van der Waals surface area contributed by atoms with Crippen LogP contribution in [0.2, 0.25) is 5.02 Å². The third-order valence-corrected chi connectivity index (χ3v) is 6.14. The Bertz CT molecular complexity index is 1260. The molecule has 1 amide bonds. The number of aryl methyl sites for hydroxylation is 1. The van der Waals surface area contributed by atoms with Crippen LogP contribution in [0.4, 0.5) is 0 Å². The van der Waals surface area contributed by atoms with Crippen molar-refractivity contribution in [3.05, 3.63) is 106 Å². The van der Waals surface area contributed by atoms with Crippen molar-refractivity contribution in [3.63, 3.8) is 0 Å². The molecule has 6 heteroatoms. The molecule has 5 nitrogen and oxygen atoms in total. The minimum atomic E-state index is -0.271. The zero-order chi connectivity index (χ0) is 22.2. The van der Waals surface area contributed by atoms with Gasteiger partial charge in [0.25, 0.3) is 5.91 Å². The van der Waals surface area contributed by atoms with E-state index in [0.29, 0.717) is 17.3 Å². The number of aromatic amines is 1. The largest absolute Gasteiger partial charge is 0.497 e. The lowest BCUT2D eigenvalue weighted by atomic mass is 9.96. The molecule has 5 rings (SSSR count). The first-order chi connectivity index (χ1) is 15.5. The lowest BCUT2D eigenvalue weighted by Gasteiger charge is -2.26. The zero-order valence-corrected chi connectivity index (χ0v) is 18.6. The maximum Gasteiger partial charge on any atom is 0.273 e. The van der Waals surface area contributed by atoms with Crippen LogP contribution >= 0.6 is 11.6 Å². The number of carbonyl (C=O) groups excluding carboxylic acids is 1. The lowest BCUT2D eigenvalue weighted by Crippen LogP contribution is -2.29. The highest BCUT2D eigenvalue weighted by Crippen LogP contribution is 2.43. The fraction of sp³-hybridized carbons (Fsp3) is 0.154. The predicted molar refractivity (Wildman–Crippen MR) is 125 cm³/mol. The number of methoxy groups -OCH3 is 1. The van der Waals surface area contributed by atoms with Gasteiger partial charge in [0.15, 0.2) is 0 Å². The van der Waals surface area contributed by atoms with E-state index in [2.05, 4.69) is 41.4 Å². The Morgan fingerprint density at radius 2 is 1.69 bits per heavy atom. The summed E-state index contributed by atoms with van der Waals surface area (Å²) in [6.07, 6.45) is 0. The predicted octanol–water partition coefficient (Wildman–Crippen LogP) is 5.79. The van der Waals surface area contributed by atoms with E-state index in [9.17, 15) is 4.79 Å². The van der Waals surface area contributed by atoms with Gasteiger partial charge in [-0.05, 0) is 54.4 Å². The summed E-state index contributed by atoms with van der Waals surface area (Å²) in [4.78, 5) is 15.4. The normalized spacial score (nSPS) is 15.2. The number of nitrogens with zero attached hydrogens (tertiary/aromatic N) is 2. The van der Waals surface area contributed by atoms with Gasteiger partial charge in [0.2, 0.25) is 0 Å². The molecule has 1 unspecified atom stereocenters. The Kier molecular flexibility index (Phi) is 5.19. The number of fused-ring (bicyclic) bond motifs is 1. The summed E-state index contributed by atoms with van der Waals surface area (Å²) < 4.78 is 5.29. The molecule has 4 aromatic rings. The van der Waals surface area contributed by atoms with Crippen molar-refractivity contribution in [2.45, 2.75) is 19.5 Å². The Labute approximate surface area is 191 Å². The van der Waals surface area contributed by atoms with Crippen LogP contribution in [0.25, 0.3) is 11.3 Å². The molecule has 32 heavy (non-hydrogen) atoms. The molecule has 1 N–H and O–H groups in total. The number of halogens is 1. The number of rotatable bonds is 5. The first-order valence-corrected chi connectivity index (χ1v) is 10.8. The second-order valence-electron chi connectivity index (χ2n) is 7.96. The summed E-state index contributed by atoms with van der Waals surface area (Å²) in [5.74, 6) is 0.708. The van der Waals surface area contributed by atoms with Gasteiger partial charge < -0.3 is 9.64 Å². The number of nitrogens with one attached hydrogen (secondary N) is 1. The highest BCUT2D eigenvalue weighted by molar-refractivity contribution is 6.30. The lowest BCUT2D eigenvalue weighted by molar-refractivity contribution is 0.0730. The first-order valence-electron chi connectivity index (χ1n) is 10.4. The van der Waals surface area contributed by atoms with Gasteiger partial charge in [0.05, 0.1) is 18.8 Å². The monoisotopic (exact) mass is 443 g/mol. The summed E-state index contributed by atoms with van der Waals surface area (Å²) in [5, 5.41) is 8.18. The highest BCUT2D eigenvalue weighted by Gasteiger charge is 2.42. The van der Waals surface area contributed by atoms with Crippen LogP contribution < -0.4 is 4.74 Å². The summed E-state index contributed by atoms with van der Waals surface area (Å²) >= 11 is 6.15. The zero-order valence-electron chi connectivity index (χ0n) is 17.8. The fourth-order valence-electron chi connectivity index (χ4n) is 4.21. The molecule has 160 valence electrons. The molecule has 2 heterocycles. The van der Waals surface area contributed by atoms with Gasteiger partial charge in [-0.1, -0.05) is 53.6 Å². The maximum atomic E-state index is 13.5. The highest BCUT2D eigenvalue weighted by atomic mass is 35.5. The molecule has 1 aliphatic heterocycles. The van der Waals surface area contributed by atoms with Gasteiger partial charge in [0, 0.05) is 22.7 Å². The van der Waals surface area contributed by atoms with Crippen molar-refractivity contribution in [2.24, 2.45) is 0 Å². The minimum absolute atomic E-state index is 0.0622. The van der Waals surface area contributed by atoms with E-state index in [4.69, 9.17) is 16.3 Å². The quantitative estimate of drug-likeness (QED) is 0.424. The van der Waals surface area contributed by atoms with Crippen molar-refractivity contribution >= 4 is 17.5 Å². The number of hydrogen-bond donors (Lipinski definition) is 1. The van der Waals surface area contributed by atoms with Crippen molar-refractivity contribution in [2.75, 3.05) is 7.11 Å². The molecule has 0 spiro atoms. The number of amides is 1. The average molecular weight is 444 g/mol. The molecule has 1 atom stereocenters. The fourth-order valence-corrected chi connectivity index (χ4v) is 4.34.